The average molecular weight is 358 g/mol. The largest absolute Gasteiger partial charge is 0.344 e. The highest BCUT2D eigenvalue weighted by Gasteiger charge is 2.37. The van der Waals surface area contributed by atoms with Crippen LogP contribution in [0, 0.1) is 0 Å². The lowest BCUT2D eigenvalue weighted by Gasteiger charge is -2.35. The minimum absolute atomic E-state index is 0.0335. The van der Waals surface area contributed by atoms with Crippen LogP contribution in [0.5, 0.6) is 0 Å². The standard InChI is InChI=1S/C20H24ClN3O/c1-20(2,24-13-3-4-14-24)19(25)23-18(16-9-11-22-12-10-16)15-5-7-17(21)8-6-15/h5-12,18H,3-4,13-14H2,1-2H3,(H,23,25)/t18-/m1/s1. The molecule has 132 valence electrons. The maximum absolute atomic E-state index is 13.1. The van der Waals surface area contributed by atoms with Crippen LogP contribution in [0.25, 0.3) is 0 Å². The van der Waals surface area contributed by atoms with Gasteiger partial charge in [-0.3, -0.25) is 14.7 Å². The number of carbonyl (C=O) groups is 1. The van der Waals surface area contributed by atoms with Crippen LogP contribution in [-0.2, 0) is 4.79 Å². The molecule has 1 aromatic carbocycles. The first-order valence-electron chi connectivity index (χ1n) is 8.70. The second kappa shape index (κ2) is 7.54. The zero-order valence-corrected chi connectivity index (χ0v) is 15.5. The van der Waals surface area contributed by atoms with Gasteiger partial charge in [0.05, 0.1) is 11.6 Å². The molecule has 0 bridgehead atoms. The predicted octanol–water partition coefficient (Wildman–Crippen LogP) is 3.82. The minimum Gasteiger partial charge on any atom is -0.344 e. The fraction of sp³-hybridized carbons (Fsp3) is 0.400. The van der Waals surface area contributed by atoms with Crippen molar-refractivity contribution in [2.75, 3.05) is 13.1 Å². The van der Waals surface area contributed by atoms with Crippen molar-refractivity contribution in [1.82, 2.24) is 15.2 Å². The van der Waals surface area contributed by atoms with Gasteiger partial charge in [0.1, 0.15) is 0 Å². The van der Waals surface area contributed by atoms with Crippen LogP contribution in [0.1, 0.15) is 43.9 Å². The normalized spacial score (nSPS) is 16.6. The molecule has 2 aromatic rings. The van der Waals surface area contributed by atoms with Crippen molar-refractivity contribution in [1.29, 1.82) is 0 Å². The van der Waals surface area contributed by atoms with Crippen molar-refractivity contribution in [3.05, 3.63) is 64.9 Å². The molecule has 0 unspecified atom stereocenters. The molecule has 0 radical (unpaired) electrons. The Labute approximate surface area is 154 Å². The van der Waals surface area contributed by atoms with Gasteiger partial charge in [-0.1, -0.05) is 23.7 Å². The number of hydrogen-bond acceptors (Lipinski definition) is 3. The van der Waals surface area contributed by atoms with Gasteiger partial charge >= 0.3 is 0 Å². The Bertz CT molecular complexity index is 709. The van der Waals surface area contributed by atoms with Crippen molar-refractivity contribution < 1.29 is 4.79 Å². The van der Waals surface area contributed by atoms with E-state index in [1.54, 1.807) is 12.4 Å². The smallest absolute Gasteiger partial charge is 0.240 e. The molecule has 1 amide bonds. The number of aromatic nitrogens is 1. The van der Waals surface area contributed by atoms with E-state index in [9.17, 15) is 4.79 Å². The highest BCUT2D eigenvalue weighted by molar-refractivity contribution is 6.30. The molecule has 25 heavy (non-hydrogen) atoms. The molecule has 1 atom stereocenters. The van der Waals surface area contributed by atoms with E-state index < -0.39 is 5.54 Å². The van der Waals surface area contributed by atoms with Gasteiger partial charge in [0, 0.05) is 17.4 Å². The second-order valence-electron chi connectivity index (χ2n) is 6.99. The van der Waals surface area contributed by atoms with Crippen molar-refractivity contribution in [3.8, 4) is 0 Å². The number of nitrogens with zero attached hydrogens (tertiary/aromatic N) is 2. The van der Waals surface area contributed by atoms with Crippen molar-refractivity contribution in [2.24, 2.45) is 0 Å². The molecule has 1 aromatic heterocycles. The molecular weight excluding hydrogens is 334 g/mol. The number of halogens is 1. The SMILES string of the molecule is CC(C)(C(=O)N[C@@H](c1ccncc1)c1ccc(Cl)cc1)N1CCCC1. The highest BCUT2D eigenvalue weighted by atomic mass is 35.5. The van der Waals surface area contributed by atoms with Crippen LogP contribution >= 0.6 is 11.6 Å². The van der Waals surface area contributed by atoms with Crippen LogP contribution in [0.2, 0.25) is 5.02 Å². The van der Waals surface area contributed by atoms with E-state index in [1.807, 2.05) is 50.2 Å². The summed E-state index contributed by atoms with van der Waals surface area (Å²) in [4.78, 5) is 19.4. The maximum atomic E-state index is 13.1. The third kappa shape index (κ3) is 4.02. The summed E-state index contributed by atoms with van der Waals surface area (Å²) < 4.78 is 0. The summed E-state index contributed by atoms with van der Waals surface area (Å²) in [5.74, 6) is 0.0335. The third-order valence-corrected chi connectivity index (χ3v) is 5.22. The fourth-order valence-electron chi connectivity index (χ4n) is 3.30. The van der Waals surface area contributed by atoms with E-state index in [0.717, 1.165) is 37.1 Å². The van der Waals surface area contributed by atoms with Gasteiger partial charge < -0.3 is 5.32 Å². The minimum atomic E-state index is -0.534. The lowest BCUT2D eigenvalue weighted by Crippen LogP contribution is -2.54. The van der Waals surface area contributed by atoms with E-state index in [2.05, 4.69) is 15.2 Å². The number of rotatable bonds is 5. The maximum Gasteiger partial charge on any atom is 0.240 e. The highest BCUT2D eigenvalue weighted by Crippen LogP contribution is 2.26. The lowest BCUT2D eigenvalue weighted by atomic mass is 9.96. The Morgan fingerprint density at radius 2 is 1.64 bits per heavy atom. The Kier molecular flexibility index (Phi) is 5.40. The first-order chi connectivity index (χ1) is 12.0. The number of amides is 1. The van der Waals surface area contributed by atoms with Crippen molar-refractivity contribution >= 4 is 17.5 Å². The van der Waals surface area contributed by atoms with Gasteiger partial charge in [-0.2, -0.15) is 0 Å². The predicted molar refractivity (Wildman–Crippen MR) is 101 cm³/mol. The molecule has 0 spiro atoms. The number of benzene rings is 1. The second-order valence-corrected chi connectivity index (χ2v) is 7.43. The fourth-order valence-corrected chi connectivity index (χ4v) is 3.42. The van der Waals surface area contributed by atoms with E-state index >= 15 is 0 Å². The summed E-state index contributed by atoms with van der Waals surface area (Å²) in [7, 11) is 0. The summed E-state index contributed by atoms with van der Waals surface area (Å²) in [5, 5.41) is 3.92. The number of nitrogens with one attached hydrogen (secondary N) is 1. The van der Waals surface area contributed by atoms with E-state index in [-0.39, 0.29) is 11.9 Å². The first kappa shape index (κ1) is 17.9. The molecule has 4 nitrogen and oxygen atoms in total. The Morgan fingerprint density at radius 1 is 1.08 bits per heavy atom. The van der Waals surface area contributed by atoms with Crippen molar-refractivity contribution in [3.63, 3.8) is 0 Å². The Hall–Kier alpha value is -1.91. The summed E-state index contributed by atoms with van der Waals surface area (Å²) in [6, 6.07) is 11.2. The molecule has 1 fully saturated rings. The molecular formula is C20H24ClN3O. The molecule has 3 rings (SSSR count). The van der Waals surface area contributed by atoms with Crippen LogP contribution in [0.4, 0.5) is 0 Å². The van der Waals surface area contributed by atoms with Gasteiger partial charge in [0.25, 0.3) is 0 Å². The summed E-state index contributed by atoms with van der Waals surface area (Å²) in [5.41, 5.74) is 1.47. The van der Waals surface area contributed by atoms with Gasteiger partial charge in [0.15, 0.2) is 0 Å². The molecule has 0 aliphatic carbocycles. The molecule has 1 aliphatic rings. The van der Waals surface area contributed by atoms with Crippen LogP contribution < -0.4 is 5.32 Å². The zero-order valence-electron chi connectivity index (χ0n) is 14.7. The summed E-state index contributed by atoms with van der Waals surface area (Å²) in [6.07, 6.45) is 5.80. The average Bonchev–Trinajstić information content (AvgIpc) is 3.16. The van der Waals surface area contributed by atoms with Crippen LogP contribution in [-0.4, -0.2) is 34.4 Å². The van der Waals surface area contributed by atoms with Gasteiger partial charge in [0.2, 0.25) is 5.91 Å². The van der Waals surface area contributed by atoms with E-state index in [0.29, 0.717) is 5.02 Å². The Balaban J connectivity index is 1.87. The van der Waals surface area contributed by atoms with Crippen LogP contribution in [0.3, 0.4) is 0 Å². The molecule has 5 heteroatoms. The van der Waals surface area contributed by atoms with Gasteiger partial charge in [-0.05, 0) is 75.2 Å². The van der Waals surface area contributed by atoms with Crippen LogP contribution in [0.15, 0.2) is 48.8 Å². The van der Waals surface area contributed by atoms with Gasteiger partial charge in [-0.15, -0.1) is 0 Å². The number of likely N-dealkylation sites (tertiary alicyclic amines) is 1. The van der Waals surface area contributed by atoms with Gasteiger partial charge in [-0.25, -0.2) is 0 Å². The number of pyridine rings is 1. The molecule has 1 aliphatic heterocycles. The van der Waals surface area contributed by atoms with E-state index in [1.165, 1.54) is 0 Å². The van der Waals surface area contributed by atoms with E-state index in [4.69, 9.17) is 11.6 Å². The quantitative estimate of drug-likeness (QED) is 0.884. The topological polar surface area (TPSA) is 45.2 Å². The Morgan fingerprint density at radius 3 is 2.24 bits per heavy atom. The molecule has 0 saturated carbocycles. The summed E-state index contributed by atoms with van der Waals surface area (Å²) in [6.45, 7) is 5.95. The number of carbonyl (C=O) groups excluding carboxylic acids is 1. The molecule has 1 saturated heterocycles. The molecule has 2 heterocycles. The number of hydrogen-bond donors (Lipinski definition) is 1. The third-order valence-electron chi connectivity index (χ3n) is 4.97. The molecule has 1 N–H and O–H groups in total. The first-order valence-corrected chi connectivity index (χ1v) is 9.07. The summed E-state index contributed by atoms with van der Waals surface area (Å²) >= 11 is 6.02. The van der Waals surface area contributed by atoms with Crippen molar-refractivity contribution in [2.45, 2.75) is 38.3 Å². The lowest BCUT2D eigenvalue weighted by molar-refractivity contribution is -0.131. The zero-order chi connectivity index (χ0) is 17.9. The monoisotopic (exact) mass is 357 g/mol.